The van der Waals surface area contributed by atoms with Crippen molar-refractivity contribution in [2.75, 3.05) is 31.5 Å². The number of hydrogen-bond acceptors (Lipinski definition) is 3. The van der Waals surface area contributed by atoms with Crippen molar-refractivity contribution < 1.29 is 14.4 Å². The number of carbonyl (C=O) groups excluding carboxylic acids is 3. The first-order valence-corrected chi connectivity index (χ1v) is 9.04. The van der Waals surface area contributed by atoms with Crippen LogP contribution in [0.2, 0.25) is 0 Å². The summed E-state index contributed by atoms with van der Waals surface area (Å²) in [7, 11) is 0. The average Bonchev–Trinajstić information content (AvgIpc) is 3.01. The number of piperazine rings is 1. The van der Waals surface area contributed by atoms with E-state index < -0.39 is 0 Å². The van der Waals surface area contributed by atoms with E-state index in [4.69, 9.17) is 0 Å². The molecule has 0 unspecified atom stereocenters. The summed E-state index contributed by atoms with van der Waals surface area (Å²) < 4.78 is 0. The third-order valence-electron chi connectivity index (χ3n) is 5.19. The van der Waals surface area contributed by atoms with Gasteiger partial charge in [0.1, 0.15) is 0 Å². The number of amides is 3. The summed E-state index contributed by atoms with van der Waals surface area (Å²) in [6, 6.07) is 5.35. The van der Waals surface area contributed by atoms with Gasteiger partial charge in [-0.3, -0.25) is 14.4 Å². The van der Waals surface area contributed by atoms with Crippen LogP contribution in [0.5, 0.6) is 0 Å². The maximum absolute atomic E-state index is 12.7. The SMILES string of the molecule is CCC(CC)C(=O)N1CCN(C(=O)c2ccc3c(c2)CC(=O)N3)CC1. The zero-order chi connectivity index (χ0) is 18.0. The van der Waals surface area contributed by atoms with Crippen LogP contribution in [0.1, 0.15) is 42.6 Å². The molecule has 1 N–H and O–H groups in total. The van der Waals surface area contributed by atoms with Gasteiger partial charge in [0.05, 0.1) is 6.42 Å². The molecule has 0 radical (unpaired) electrons. The standard InChI is InChI=1S/C19H25N3O3/c1-3-13(4-2)18(24)21-7-9-22(10-8-21)19(25)14-5-6-16-15(11-14)12-17(23)20-16/h5-6,11,13H,3-4,7-10,12H2,1-2H3,(H,20,23). The molecule has 3 amide bonds. The molecule has 0 aromatic heterocycles. The highest BCUT2D eigenvalue weighted by molar-refractivity contribution is 6.01. The van der Waals surface area contributed by atoms with E-state index in [1.165, 1.54) is 0 Å². The molecule has 1 saturated heterocycles. The number of nitrogens with one attached hydrogen (secondary N) is 1. The Morgan fingerprint density at radius 2 is 1.72 bits per heavy atom. The second-order valence-electron chi connectivity index (χ2n) is 6.73. The molecular formula is C19H25N3O3. The third kappa shape index (κ3) is 3.52. The monoisotopic (exact) mass is 343 g/mol. The Morgan fingerprint density at radius 1 is 1.08 bits per heavy atom. The lowest BCUT2D eigenvalue weighted by Gasteiger charge is -2.36. The van der Waals surface area contributed by atoms with Crippen LogP contribution in [0.15, 0.2) is 18.2 Å². The van der Waals surface area contributed by atoms with E-state index in [-0.39, 0.29) is 23.6 Å². The zero-order valence-electron chi connectivity index (χ0n) is 14.9. The van der Waals surface area contributed by atoms with Crippen molar-refractivity contribution >= 4 is 23.4 Å². The average molecular weight is 343 g/mol. The summed E-state index contributed by atoms with van der Waals surface area (Å²) in [6.45, 7) is 6.37. The molecule has 1 aromatic carbocycles. The normalized spacial score (nSPS) is 16.8. The van der Waals surface area contributed by atoms with Gasteiger partial charge < -0.3 is 15.1 Å². The highest BCUT2D eigenvalue weighted by atomic mass is 16.2. The van der Waals surface area contributed by atoms with Crippen molar-refractivity contribution in [2.45, 2.75) is 33.1 Å². The van der Waals surface area contributed by atoms with Crippen molar-refractivity contribution in [3.05, 3.63) is 29.3 Å². The van der Waals surface area contributed by atoms with Crippen LogP contribution >= 0.6 is 0 Å². The molecule has 1 fully saturated rings. The van der Waals surface area contributed by atoms with Gasteiger partial charge in [-0.2, -0.15) is 0 Å². The molecule has 6 nitrogen and oxygen atoms in total. The first-order valence-electron chi connectivity index (χ1n) is 9.04. The van der Waals surface area contributed by atoms with Gasteiger partial charge in [-0.1, -0.05) is 13.8 Å². The summed E-state index contributed by atoms with van der Waals surface area (Å²) in [6.07, 6.45) is 2.04. The number of rotatable bonds is 4. The number of carbonyl (C=O) groups is 3. The van der Waals surface area contributed by atoms with Crippen molar-refractivity contribution in [3.8, 4) is 0 Å². The van der Waals surface area contributed by atoms with Crippen molar-refractivity contribution in [3.63, 3.8) is 0 Å². The molecule has 0 atom stereocenters. The van der Waals surface area contributed by atoms with Crippen molar-refractivity contribution in [1.82, 2.24) is 9.80 Å². The zero-order valence-corrected chi connectivity index (χ0v) is 14.9. The van der Waals surface area contributed by atoms with E-state index in [1.54, 1.807) is 23.1 Å². The third-order valence-corrected chi connectivity index (χ3v) is 5.19. The van der Waals surface area contributed by atoms with Gasteiger partial charge in [0.2, 0.25) is 11.8 Å². The first kappa shape index (κ1) is 17.5. The Morgan fingerprint density at radius 3 is 2.36 bits per heavy atom. The van der Waals surface area contributed by atoms with Gasteiger partial charge in [-0.25, -0.2) is 0 Å². The van der Waals surface area contributed by atoms with Gasteiger partial charge in [-0.05, 0) is 36.6 Å². The molecule has 1 aromatic rings. The number of benzene rings is 1. The Bertz CT molecular complexity index is 689. The molecule has 0 saturated carbocycles. The van der Waals surface area contributed by atoms with E-state index in [1.807, 2.05) is 18.7 Å². The van der Waals surface area contributed by atoms with E-state index in [0.29, 0.717) is 38.2 Å². The lowest BCUT2D eigenvalue weighted by atomic mass is 10.0. The second-order valence-corrected chi connectivity index (χ2v) is 6.73. The number of anilines is 1. The van der Waals surface area contributed by atoms with Gasteiger partial charge in [0.15, 0.2) is 0 Å². The first-order chi connectivity index (χ1) is 12.0. The highest BCUT2D eigenvalue weighted by Crippen LogP contribution is 2.24. The second kappa shape index (κ2) is 7.25. The number of hydrogen-bond donors (Lipinski definition) is 1. The molecular weight excluding hydrogens is 318 g/mol. The maximum Gasteiger partial charge on any atom is 0.253 e. The summed E-state index contributed by atoms with van der Waals surface area (Å²) in [5.74, 6) is 0.230. The van der Waals surface area contributed by atoms with Gasteiger partial charge >= 0.3 is 0 Å². The van der Waals surface area contributed by atoms with E-state index in [9.17, 15) is 14.4 Å². The fourth-order valence-corrected chi connectivity index (χ4v) is 3.57. The summed E-state index contributed by atoms with van der Waals surface area (Å²) >= 11 is 0. The minimum atomic E-state index is -0.0341. The predicted molar refractivity (Wildman–Crippen MR) is 95.3 cm³/mol. The van der Waals surface area contributed by atoms with E-state index in [0.717, 1.165) is 24.1 Å². The van der Waals surface area contributed by atoms with Crippen molar-refractivity contribution in [1.29, 1.82) is 0 Å². The summed E-state index contributed by atoms with van der Waals surface area (Å²) in [4.78, 5) is 40.3. The van der Waals surface area contributed by atoms with Gasteiger partial charge in [-0.15, -0.1) is 0 Å². The molecule has 134 valence electrons. The largest absolute Gasteiger partial charge is 0.339 e. The van der Waals surface area contributed by atoms with Gasteiger partial charge in [0, 0.05) is 43.3 Å². The summed E-state index contributed by atoms with van der Waals surface area (Å²) in [5, 5.41) is 2.77. The minimum Gasteiger partial charge on any atom is -0.339 e. The van der Waals surface area contributed by atoms with Crippen molar-refractivity contribution in [2.24, 2.45) is 5.92 Å². The molecule has 2 aliphatic heterocycles. The van der Waals surface area contributed by atoms with Crippen LogP contribution < -0.4 is 5.32 Å². The van der Waals surface area contributed by atoms with Crippen LogP contribution in [0.25, 0.3) is 0 Å². The lowest BCUT2D eigenvalue weighted by molar-refractivity contribution is -0.137. The number of fused-ring (bicyclic) bond motifs is 1. The van der Waals surface area contributed by atoms with Crippen LogP contribution in [0, 0.1) is 5.92 Å². The van der Waals surface area contributed by atoms with Crippen LogP contribution in [0.4, 0.5) is 5.69 Å². The molecule has 3 rings (SSSR count). The molecule has 2 aliphatic rings. The minimum absolute atomic E-state index is 0.0308. The maximum atomic E-state index is 12.7. The van der Waals surface area contributed by atoms with Crippen LogP contribution in [0.3, 0.4) is 0 Å². The quantitative estimate of drug-likeness (QED) is 0.908. The molecule has 2 heterocycles. The van der Waals surface area contributed by atoms with Gasteiger partial charge in [0.25, 0.3) is 5.91 Å². The Labute approximate surface area is 148 Å². The molecule has 0 bridgehead atoms. The van der Waals surface area contributed by atoms with E-state index in [2.05, 4.69) is 5.32 Å². The predicted octanol–water partition coefficient (Wildman–Crippen LogP) is 1.90. The van der Waals surface area contributed by atoms with Crippen LogP contribution in [-0.4, -0.2) is 53.7 Å². The molecule has 6 heteroatoms. The lowest BCUT2D eigenvalue weighted by Crippen LogP contribution is -2.51. The fraction of sp³-hybridized carbons (Fsp3) is 0.526. The molecule has 0 aliphatic carbocycles. The highest BCUT2D eigenvalue weighted by Gasteiger charge is 2.28. The van der Waals surface area contributed by atoms with E-state index >= 15 is 0 Å². The van der Waals surface area contributed by atoms with Crippen LogP contribution in [-0.2, 0) is 16.0 Å². The molecule has 25 heavy (non-hydrogen) atoms. The molecule has 0 spiro atoms. The fourth-order valence-electron chi connectivity index (χ4n) is 3.57. The topological polar surface area (TPSA) is 69.7 Å². The Balaban J connectivity index is 1.62. The smallest absolute Gasteiger partial charge is 0.253 e. The summed E-state index contributed by atoms with van der Waals surface area (Å²) in [5.41, 5.74) is 2.27. The Hall–Kier alpha value is -2.37. The number of nitrogens with zero attached hydrogens (tertiary/aromatic N) is 2. The Kier molecular flexibility index (Phi) is 5.06.